The summed E-state index contributed by atoms with van der Waals surface area (Å²) in [5, 5.41) is 9.10. The van der Waals surface area contributed by atoms with Crippen molar-refractivity contribution in [2.75, 3.05) is 13.6 Å². The molecule has 0 fully saturated rings. The zero-order chi connectivity index (χ0) is 15.2. The maximum absolute atomic E-state index is 12.1. The second-order valence-corrected chi connectivity index (χ2v) is 5.94. The highest BCUT2D eigenvalue weighted by atomic mass is 16.4. The van der Waals surface area contributed by atoms with Gasteiger partial charge in [0.25, 0.3) is 0 Å². The monoisotopic (exact) mass is 272 g/mol. The molecular weight excluding hydrogens is 244 g/mol. The van der Waals surface area contributed by atoms with Crippen LogP contribution in [0.15, 0.2) is 0 Å². The number of amides is 1. The molecule has 0 bridgehead atoms. The molecule has 0 aliphatic heterocycles. The minimum absolute atomic E-state index is 0.130. The highest BCUT2D eigenvalue weighted by Crippen LogP contribution is 2.22. The third-order valence-corrected chi connectivity index (χ3v) is 3.95. The molecule has 0 aliphatic carbocycles. The number of carbonyl (C=O) groups excluding carboxylic acids is 1. The van der Waals surface area contributed by atoms with Gasteiger partial charge in [-0.25, -0.2) is 4.79 Å². The van der Waals surface area contributed by atoms with Gasteiger partial charge in [0, 0.05) is 13.5 Å². The Balaban J connectivity index is 4.49. The standard InChI is InChI=1S/C14H28N2O3/c1-10(2)11(8-9-15)6-7-12(17)16(5)14(3,4)13(18)19/h10-11H,6-9,15H2,1-5H3,(H,18,19). The van der Waals surface area contributed by atoms with Crippen molar-refractivity contribution in [2.24, 2.45) is 17.6 Å². The normalized spacial score (nSPS) is 13.4. The zero-order valence-corrected chi connectivity index (χ0v) is 12.8. The average molecular weight is 272 g/mol. The van der Waals surface area contributed by atoms with Crippen molar-refractivity contribution in [3.8, 4) is 0 Å². The van der Waals surface area contributed by atoms with E-state index in [2.05, 4.69) is 13.8 Å². The fourth-order valence-corrected chi connectivity index (χ4v) is 1.96. The third kappa shape index (κ3) is 5.19. The molecule has 19 heavy (non-hydrogen) atoms. The van der Waals surface area contributed by atoms with Crippen LogP contribution in [0.3, 0.4) is 0 Å². The van der Waals surface area contributed by atoms with Crippen LogP contribution < -0.4 is 5.73 Å². The zero-order valence-electron chi connectivity index (χ0n) is 12.8. The number of carboxylic acids is 1. The van der Waals surface area contributed by atoms with Gasteiger partial charge in [0.2, 0.25) is 5.91 Å². The lowest BCUT2D eigenvalue weighted by Crippen LogP contribution is -2.50. The number of aliphatic carboxylic acids is 1. The maximum atomic E-state index is 12.1. The summed E-state index contributed by atoms with van der Waals surface area (Å²) in [7, 11) is 1.55. The summed E-state index contributed by atoms with van der Waals surface area (Å²) in [5.74, 6) is -0.231. The number of carbonyl (C=O) groups is 2. The van der Waals surface area contributed by atoms with Crippen LogP contribution in [0.2, 0.25) is 0 Å². The second-order valence-electron chi connectivity index (χ2n) is 5.94. The van der Waals surface area contributed by atoms with Crippen LogP contribution in [-0.2, 0) is 9.59 Å². The molecule has 1 atom stereocenters. The smallest absolute Gasteiger partial charge is 0.329 e. The molecule has 0 saturated heterocycles. The van der Waals surface area contributed by atoms with E-state index in [9.17, 15) is 9.59 Å². The van der Waals surface area contributed by atoms with Gasteiger partial charge in [-0.3, -0.25) is 4.79 Å². The third-order valence-electron chi connectivity index (χ3n) is 3.95. The molecule has 0 spiro atoms. The molecule has 1 unspecified atom stereocenters. The fourth-order valence-electron chi connectivity index (χ4n) is 1.96. The summed E-state index contributed by atoms with van der Waals surface area (Å²) in [4.78, 5) is 24.5. The predicted molar refractivity (Wildman–Crippen MR) is 75.7 cm³/mol. The highest BCUT2D eigenvalue weighted by molar-refractivity contribution is 5.86. The van der Waals surface area contributed by atoms with E-state index in [0.717, 1.165) is 12.8 Å². The molecule has 0 rings (SSSR count). The highest BCUT2D eigenvalue weighted by Gasteiger charge is 2.35. The van der Waals surface area contributed by atoms with Crippen LogP contribution in [0.25, 0.3) is 0 Å². The maximum Gasteiger partial charge on any atom is 0.329 e. The first-order chi connectivity index (χ1) is 8.64. The van der Waals surface area contributed by atoms with E-state index in [1.807, 2.05) is 0 Å². The molecule has 0 aromatic rings. The molecule has 5 nitrogen and oxygen atoms in total. The Hall–Kier alpha value is -1.10. The molecule has 0 aliphatic rings. The first-order valence-corrected chi connectivity index (χ1v) is 6.84. The first-order valence-electron chi connectivity index (χ1n) is 6.84. The van der Waals surface area contributed by atoms with Gasteiger partial charge in [-0.05, 0) is 45.1 Å². The summed E-state index contributed by atoms with van der Waals surface area (Å²) in [6.45, 7) is 7.93. The van der Waals surface area contributed by atoms with Crippen LogP contribution in [-0.4, -0.2) is 41.0 Å². The van der Waals surface area contributed by atoms with Crippen molar-refractivity contribution < 1.29 is 14.7 Å². The van der Waals surface area contributed by atoms with Crippen molar-refractivity contribution in [1.82, 2.24) is 4.90 Å². The summed E-state index contributed by atoms with van der Waals surface area (Å²) in [5.41, 5.74) is 4.40. The number of carboxylic acid groups (broad SMARTS) is 1. The molecule has 0 aromatic carbocycles. The molecule has 0 saturated carbocycles. The van der Waals surface area contributed by atoms with Gasteiger partial charge in [-0.2, -0.15) is 0 Å². The van der Waals surface area contributed by atoms with Crippen LogP contribution in [0.5, 0.6) is 0 Å². The van der Waals surface area contributed by atoms with Crippen LogP contribution in [0.1, 0.15) is 47.0 Å². The van der Waals surface area contributed by atoms with Crippen LogP contribution in [0.4, 0.5) is 0 Å². The topological polar surface area (TPSA) is 83.6 Å². The SMILES string of the molecule is CC(C)C(CCN)CCC(=O)N(C)C(C)(C)C(=O)O. The van der Waals surface area contributed by atoms with E-state index in [1.165, 1.54) is 18.7 Å². The number of rotatable bonds is 8. The van der Waals surface area contributed by atoms with Gasteiger partial charge >= 0.3 is 5.97 Å². The Kier molecular flexibility index (Phi) is 7.05. The lowest BCUT2D eigenvalue weighted by molar-refractivity contribution is -0.155. The average Bonchev–Trinajstić information content (AvgIpc) is 2.32. The van der Waals surface area contributed by atoms with Gasteiger partial charge in [0.1, 0.15) is 5.54 Å². The van der Waals surface area contributed by atoms with Crippen molar-refractivity contribution >= 4 is 11.9 Å². The molecule has 0 heterocycles. The minimum Gasteiger partial charge on any atom is -0.480 e. The van der Waals surface area contributed by atoms with Crippen molar-refractivity contribution in [1.29, 1.82) is 0 Å². The summed E-state index contributed by atoms with van der Waals surface area (Å²) >= 11 is 0. The van der Waals surface area contributed by atoms with E-state index in [-0.39, 0.29) is 5.91 Å². The summed E-state index contributed by atoms with van der Waals surface area (Å²) in [6.07, 6.45) is 2.03. The minimum atomic E-state index is -1.17. The largest absolute Gasteiger partial charge is 0.480 e. The van der Waals surface area contributed by atoms with Crippen molar-refractivity contribution in [3.63, 3.8) is 0 Å². The Morgan fingerprint density at radius 1 is 1.26 bits per heavy atom. The van der Waals surface area contributed by atoms with Crippen molar-refractivity contribution in [3.05, 3.63) is 0 Å². The Labute approximate surface area is 116 Å². The van der Waals surface area contributed by atoms with E-state index in [4.69, 9.17) is 10.8 Å². The van der Waals surface area contributed by atoms with Gasteiger partial charge in [0.05, 0.1) is 0 Å². The number of hydrogen-bond acceptors (Lipinski definition) is 3. The lowest BCUT2D eigenvalue weighted by atomic mass is 9.88. The summed E-state index contributed by atoms with van der Waals surface area (Å²) in [6, 6.07) is 0. The van der Waals surface area contributed by atoms with Gasteiger partial charge in [0.15, 0.2) is 0 Å². The Morgan fingerprint density at radius 2 is 1.79 bits per heavy atom. The molecule has 1 amide bonds. The number of nitrogens with zero attached hydrogens (tertiary/aromatic N) is 1. The van der Waals surface area contributed by atoms with Gasteiger partial charge in [-0.1, -0.05) is 13.8 Å². The van der Waals surface area contributed by atoms with E-state index < -0.39 is 11.5 Å². The first kappa shape index (κ1) is 17.9. The van der Waals surface area contributed by atoms with Crippen LogP contribution in [0, 0.1) is 11.8 Å². The van der Waals surface area contributed by atoms with Gasteiger partial charge < -0.3 is 15.7 Å². The molecule has 0 radical (unpaired) electrons. The van der Waals surface area contributed by atoms with E-state index in [0.29, 0.717) is 24.8 Å². The number of likely N-dealkylation sites (N-methyl/N-ethyl adjacent to an activating group) is 1. The molecule has 3 N–H and O–H groups in total. The number of hydrogen-bond donors (Lipinski definition) is 2. The summed E-state index contributed by atoms with van der Waals surface area (Å²) < 4.78 is 0. The van der Waals surface area contributed by atoms with Crippen LogP contribution >= 0.6 is 0 Å². The molecule has 5 heteroatoms. The van der Waals surface area contributed by atoms with Crippen molar-refractivity contribution in [2.45, 2.75) is 52.5 Å². The van der Waals surface area contributed by atoms with E-state index in [1.54, 1.807) is 7.05 Å². The van der Waals surface area contributed by atoms with Gasteiger partial charge in [-0.15, -0.1) is 0 Å². The molecular formula is C14H28N2O3. The number of nitrogens with two attached hydrogens (primary N) is 1. The molecule has 0 aromatic heterocycles. The van der Waals surface area contributed by atoms with E-state index >= 15 is 0 Å². The second kappa shape index (κ2) is 7.48. The Bertz CT molecular complexity index is 314. The Morgan fingerprint density at radius 3 is 2.16 bits per heavy atom. The quantitative estimate of drug-likeness (QED) is 0.704. The molecule has 112 valence electrons. The fraction of sp³-hybridized carbons (Fsp3) is 0.857. The predicted octanol–water partition coefficient (Wildman–Crippen LogP) is 1.71. The lowest BCUT2D eigenvalue weighted by Gasteiger charge is -2.32.